The lowest BCUT2D eigenvalue weighted by Gasteiger charge is -2.16. The van der Waals surface area contributed by atoms with Crippen molar-refractivity contribution in [3.63, 3.8) is 0 Å². The van der Waals surface area contributed by atoms with Crippen LogP contribution < -0.4 is 5.32 Å². The van der Waals surface area contributed by atoms with Crippen molar-refractivity contribution in [3.05, 3.63) is 46.8 Å². The van der Waals surface area contributed by atoms with E-state index in [9.17, 15) is 4.79 Å². The molecule has 29 heavy (non-hydrogen) atoms. The lowest BCUT2D eigenvalue weighted by atomic mass is 10.1. The zero-order chi connectivity index (χ0) is 19.8. The summed E-state index contributed by atoms with van der Waals surface area (Å²) in [6.07, 6.45) is 4.21. The third-order valence-electron chi connectivity index (χ3n) is 5.30. The van der Waals surface area contributed by atoms with Crippen LogP contribution in [-0.4, -0.2) is 41.2 Å². The molecule has 1 aromatic carbocycles. The van der Waals surface area contributed by atoms with Crippen molar-refractivity contribution >= 4 is 28.3 Å². The Kier molecular flexibility index (Phi) is 4.59. The molecule has 0 saturated heterocycles. The van der Waals surface area contributed by atoms with Crippen LogP contribution in [0.15, 0.2) is 36.0 Å². The van der Waals surface area contributed by atoms with Crippen LogP contribution in [0.1, 0.15) is 23.7 Å². The van der Waals surface area contributed by atoms with Crippen LogP contribution in [0.4, 0.5) is 0 Å². The van der Waals surface area contributed by atoms with E-state index >= 15 is 0 Å². The summed E-state index contributed by atoms with van der Waals surface area (Å²) in [5.74, 6) is 1.79. The Labute approximate surface area is 171 Å². The molecule has 4 heterocycles. The fourth-order valence-corrected chi connectivity index (χ4v) is 4.44. The summed E-state index contributed by atoms with van der Waals surface area (Å²) in [4.78, 5) is 21.5. The maximum atomic E-state index is 12.6. The van der Waals surface area contributed by atoms with Crippen LogP contribution in [0.5, 0.6) is 0 Å². The van der Waals surface area contributed by atoms with Crippen molar-refractivity contribution in [1.82, 2.24) is 34.6 Å². The smallest absolute Gasteiger partial charge is 0.240 e. The number of rotatable bonds is 4. The number of nitrogens with one attached hydrogen (secondary N) is 1. The molecule has 1 unspecified atom stereocenters. The Hall–Kier alpha value is -3.07. The van der Waals surface area contributed by atoms with Crippen molar-refractivity contribution in [2.24, 2.45) is 0 Å². The average molecular weight is 408 g/mol. The summed E-state index contributed by atoms with van der Waals surface area (Å²) in [6.45, 7) is 3.03. The van der Waals surface area contributed by atoms with Crippen molar-refractivity contribution in [3.8, 4) is 11.5 Å². The molecule has 8 nitrogen and oxygen atoms in total. The number of imidazole rings is 1. The Morgan fingerprint density at radius 1 is 1.28 bits per heavy atom. The summed E-state index contributed by atoms with van der Waals surface area (Å²) < 4.78 is 4.03. The molecule has 5 rings (SSSR count). The monoisotopic (exact) mass is 407 g/mol. The molecular formula is C20H21N7OS. The van der Waals surface area contributed by atoms with Gasteiger partial charge in [-0.1, -0.05) is 12.1 Å². The maximum absolute atomic E-state index is 12.6. The van der Waals surface area contributed by atoms with Gasteiger partial charge in [-0.05, 0) is 31.9 Å². The standard InChI is InChI=1S/C20H21N7OS/c1-13-22-16(11-29-13)20-25-24-18-7-6-14(8-9-27(18)20)23-19(28)10-26-12-21-15-4-2-3-5-17(15)26/h2-5,11-12,14H,6-10H2,1H3,(H,23,28). The molecule has 1 amide bonds. The van der Waals surface area contributed by atoms with E-state index < -0.39 is 0 Å². The van der Waals surface area contributed by atoms with Crippen LogP contribution >= 0.6 is 11.3 Å². The molecule has 4 aromatic rings. The first-order chi connectivity index (χ1) is 14.2. The van der Waals surface area contributed by atoms with Gasteiger partial charge in [0.05, 0.1) is 22.4 Å². The summed E-state index contributed by atoms with van der Waals surface area (Å²) in [5.41, 5.74) is 2.75. The molecule has 0 bridgehead atoms. The third kappa shape index (κ3) is 3.53. The number of benzene rings is 1. The molecule has 148 valence electrons. The minimum Gasteiger partial charge on any atom is -0.352 e. The van der Waals surface area contributed by atoms with Crippen molar-refractivity contribution in [2.45, 2.75) is 45.3 Å². The van der Waals surface area contributed by atoms with Gasteiger partial charge < -0.3 is 14.5 Å². The van der Waals surface area contributed by atoms with Gasteiger partial charge in [0.25, 0.3) is 0 Å². The lowest BCUT2D eigenvalue weighted by molar-refractivity contribution is -0.122. The number of aryl methyl sites for hydroxylation is 2. The third-order valence-corrected chi connectivity index (χ3v) is 6.07. The van der Waals surface area contributed by atoms with E-state index in [1.807, 2.05) is 41.1 Å². The minimum atomic E-state index is 0.00571. The van der Waals surface area contributed by atoms with E-state index in [0.717, 1.165) is 59.2 Å². The summed E-state index contributed by atoms with van der Waals surface area (Å²) in [5, 5.41) is 14.9. The molecule has 9 heteroatoms. The summed E-state index contributed by atoms with van der Waals surface area (Å²) in [7, 11) is 0. The Bertz CT molecular complexity index is 1170. The number of para-hydroxylation sites is 2. The average Bonchev–Trinajstić information content (AvgIpc) is 3.40. The zero-order valence-corrected chi connectivity index (χ0v) is 16.9. The fraction of sp³-hybridized carbons (Fsp3) is 0.350. The van der Waals surface area contributed by atoms with Crippen LogP contribution in [0.2, 0.25) is 0 Å². The molecular weight excluding hydrogens is 386 g/mol. The minimum absolute atomic E-state index is 0.00571. The highest BCUT2D eigenvalue weighted by Crippen LogP contribution is 2.24. The number of amides is 1. The van der Waals surface area contributed by atoms with Gasteiger partial charge in [-0.3, -0.25) is 4.79 Å². The fourth-order valence-electron chi connectivity index (χ4n) is 3.85. The number of thiazole rings is 1. The Morgan fingerprint density at radius 2 is 2.17 bits per heavy atom. The molecule has 1 aliphatic heterocycles. The number of nitrogens with zero attached hydrogens (tertiary/aromatic N) is 6. The van der Waals surface area contributed by atoms with Crippen LogP contribution in [0.25, 0.3) is 22.6 Å². The van der Waals surface area contributed by atoms with Gasteiger partial charge in [0.1, 0.15) is 18.1 Å². The highest BCUT2D eigenvalue weighted by atomic mass is 32.1. The Balaban J connectivity index is 1.25. The molecule has 1 aliphatic rings. The number of hydrogen-bond donors (Lipinski definition) is 1. The first-order valence-corrected chi connectivity index (χ1v) is 10.6. The number of carbonyl (C=O) groups is 1. The second kappa shape index (κ2) is 7.40. The first kappa shape index (κ1) is 18.0. The second-order valence-electron chi connectivity index (χ2n) is 7.30. The highest BCUT2D eigenvalue weighted by Gasteiger charge is 2.23. The number of fused-ring (bicyclic) bond motifs is 2. The van der Waals surface area contributed by atoms with Crippen LogP contribution in [-0.2, 0) is 24.3 Å². The van der Waals surface area contributed by atoms with E-state index in [4.69, 9.17) is 0 Å². The van der Waals surface area contributed by atoms with E-state index in [2.05, 4.69) is 30.0 Å². The molecule has 0 spiro atoms. The molecule has 1 atom stereocenters. The molecule has 3 aromatic heterocycles. The molecule has 0 aliphatic carbocycles. The molecule has 0 radical (unpaired) electrons. The lowest BCUT2D eigenvalue weighted by Crippen LogP contribution is -2.37. The van der Waals surface area contributed by atoms with Gasteiger partial charge in [-0.15, -0.1) is 21.5 Å². The van der Waals surface area contributed by atoms with Crippen molar-refractivity contribution < 1.29 is 4.79 Å². The van der Waals surface area contributed by atoms with Gasteiger partial charge in [0.2, 0.25) is 5.91 Å². The predicted molar refractivity (Wildman–Crippen MR) is 110 cm³/mol. The van der Waals surface area contributed by atoms with Gasteiger partial charge in [-0.25, -0.2) is 9.97 Å². The largest absolute Gasteiger partial charge is 0.352 e. The quantitative estimate of drug-likeness (QED) is 0.562. The number of aromatic nitrogens is 6. The van der Waals surface area contributed by atoms with Gasteiger partial charge in [0.15, 0.2) is 5.82 Å². The first-order valence-electron chi connectivity index (χ1n) is 9.71. The van der Waals surface area contributed by atoms with Crippen molar-refractivity contribution in [1.29, 1.82) is 0 Å². The maximum Gasteiger partial charge on any atom is 0.240 e. The Morgan fingerprint density at radius 3 is 3.03 bits per heavy atom. The summed E-state index contributed by atoms with van der Waals surface area (Å²) in [6, 6.07) is 7.95. The number of hydrogen-bond acceptors (Lipinski definition) is 6. The van der Waals surface area contributed by atoms with Gasteiger partial charge >= 0.3 is 0 Å². The normalized spacial score (nSPS) is 16.5. The van der Waals surface area contributed by atoms with Crippen LogP contribution in [0, 0.1) is 6.92 Å². The van der Waals surface area contributed by atoms with E-state index in [1.165, 1.54) is 0 Å². The predicted octanol–water partition coefficient (Wildman–Crippen LogP) is 2.58. The SMILES string of the molecule is Cc1nc(-c2nnc3n2CCC(NC(=O)Cn2cnc4ccccc42)CC3)cs1. The van der Waals surface area contributed by atoms with E-state index in [0.29, 0.717) is 0 Å². The molecule has 0 fully saturated rings. The van der Waals surface area contributed by atoms with E-state index in [1.54, 1.807) is 17.7 Å². The highest BCUT2D eigenvalue weighted by molar-refractivity contribution is 7.09. The van der Waals surface area contributed by atoms with Crippen molar-refractivity contribution in [2.75, 3.05) is 0 Å². The topological polar surface area (TPSA) is 90.5 Å². The molecule has 0 saturated carbocycles. The van der Waals surface area contributed by atoms with Crippen LogP contribution in [0.3, 0.4) is 0 Å². The zero-order valence-electron chi connectivity index (χ0n) is 16.1. The van der Waals surface area contributed by atoms with E-state index in [-0.39, 0.29) is 18.5 Å². The second-order valence-corrected chi connectivity index (χ2v) is 8.36. The molecule has 1 N–H and O–H groups in total. The summed E-state index contributed by atoms with van der Waals surface area (Å²) >= 11 is 1.61. The number of carbonyl (C=O) groups excluding carboxylic acids is 1. The van der Waals surface area contributed by atoms with Gasteiger partial charge in [0, 0.05) is 24.4 Å². The van der Waals surface area contributed by atoms with Gasteiger partial charge in [-0.2, -0.15) is 0 Å².